The molecule has 0 radical (unpaired) electrons. The molecule has 2 aliphatic rings. The highest BCUT2D eigenvalue weighted by Gasteiger charge is 2.33. The molecule has 1 N–H and O–H groups in total. The highest BCUT2D eigenvalue weighted by Crippen LogP contribution is 2.32. The Morgan fingerprint density at radius 1 is 1.08 bits per heavy atom. The van der Waals surface area contributed by atoms with Crippen LogP contribution in [0.3, 0.4) is 0 Å². The third-order valence-corrected chi connectivity index (χ3v) is 7.29. The summed E-state index contributed by atoms with van der Waals surface area (Å²) in [5.41, 5.74) is 4.66. The summed E-state index contributed by atoms with van der Waals surface area (Å²) in [5.74, 6) is 1.44. The number of hydrogen-bond acceptors (Lipinski definition) is 6. The van der Waals surface area contributed by atoms with E-state index in [4.69, 9.17) is 4.74 Å². The first kappa shape index (κ1) is 24.2. The van der Waals surface area contributed by atoms with Gasteiger partial charge in [-0.15, -0.1) is 0 Å². The maximum atomic E-state index is 13.8. The first-order valence-electron chi connectivity index (χ1n) is 12.6. The van der Waals surface area contributed by atoms with Gasteiger partial charge < -0.3 is 15.0 Å². The van der Waals surface area contributed by atoms with Crippen LogP contribution in [0.1, 0.15) is 54.0 Å². The van der Waals surface area contributed by atoms with Crippen molar-refractivity contribution >= 4 is 11.6 Å². The number of amides is 1. The summed E-state index contributed by atoms with van der Waals surface area (Å²) in [5, 5.41) is 11.3. The molecule has 2 heterocycles. The number of carbonyl (C=O) groups is 1. The second kappa shape index (κ2) is 9.85. The second-order valence-electron chi connectivity index (χ2n) is 10.4. The van der Waals surface area contributed by atoms with Gasteiger partial charge in [-0.25, -0.2) is 4.68 Å². The lowest BCUT2D eigenvalue weighted by molar-refractivity contribution is 0.0973. The highest BCUT2D eigenvalue weighted by atomic mass is 16.5. The lowest BCUT2D eigenvalue weighted by atomic mass is 9.84. The van der Waals surface area contributed by atoms with Crippen LogP contribution < -0.4 is 15.0 Å². The minimum absolute atomic E-state index is 0.00376. The van der Waals surface area contributed by atoms with Crippen molar-refractivity contribution < 1.29 is 9.53 Å². The summed E-state index contributed by atoms with van der Waals surface area (Å²) >= 11 is 0. The van der Waals surface area contributed by atoms with Gasteiger partial charge in [-0.2, -0.15) is 10.0 Å². The van der Waals surface area contributed by atoms with E-state index in [9.17, 15) is 9.70 Å². The molecule has 1 aliphatic carbocycles. The molecule has 0 unspecified atom stereocenters. The van der Waals surface area contributed by atoms with E-state index in [0.29, 0.717) is 30.1 Å². The van der Waals surface area contributed by atoms with Crippen LogP contribution in [0.4, 0.5) is 5.69 Å². The summed E-state index contributed by atoms with van der Waals surface area (Å²) < 4.78 is 6.89. The van der Waals surface area contributed by atoms with Gasteiger partial charge >= 0.3 is 0 Å². The van der Waals surface area contributed by atoms with Crippen molar-refractivity contribution in [3.05, 3.63) is 76.0 Å². The number of nitrogens with one attached hydrogen (secondary N) is 1. The molecule has 188 valence electrons. The number of carbonyl (C=O) groups excluding carboxylic acids is 1. The third kappa shape index (κ3) is 4.78. The largest absolute Gasteiger partial charge is 0.497 e. The van der Waals surface area contributed by atoms with E-state index in [1.807, 2.05) is 36.4 Å². The molecular formula is C28H33N5O3. The molecule has 1 saturated carbocycles. The predicted octanol–water partition coefficient (Wildman–Crippen LogP) is 4.63. The van der Waals surface area contributed by atoms with E-state index in [2.05, 4.69) is 41.6 Å². The molecule has 1 aliphatic heterocycles. The van der Waals surface area contributed by atoms with Crippen molar-refractivity contribution in [2.45, 2.75) is 45.1 Å². The zero-order valence-corrected chi connectivity index (χ0v) is 21.2. The Labute approximate surface area is 211 Å². The van der Waals surface area contributed by atoms with Crippen molar-refractivity contribution in [1.29, 1.82) is 0 Å². The van der Waals surface area contributed by atoms with Gasteiger partial charge in [0.1, 0.15) is 18.0 Å². The average Bonchev–Trinajstić information content (AvgIpc) is 3.64. The Morgan fingerprint density at radius 3 is 2.42 bits per heavy atom. The van der Waals surface area contributed by atoms with Crippen LogP contribution in [0.25, 0.3) is 5.69 Å². The summed E-state index contributed by atoms with van der Waals surface area (Å²) in [6, 6.07) is 15.7. The SMILES string of the molecule is COc1ccc(-n2nc(CN=O)c3c2C(=O)N(c2ccc(C(C)(C)CNCC4CC4)cc2)CC3)cc1. The monoisotopic (exact) mass is 487 g/mol. The van der Waals surface area contributed by atoms with Gasteiger partial charge in [0.2, 0.25) is 0 Å². The molecule has 0 atom stereocenters. The van der Waals surface area contributed by atoms with Crippen molar-refractivity contribution in [2.75, 3.05) is 31.6 Å². The second-order valence-corrected chi connectivity index (χ2v) is 10.4. The van der Waals surface area contributed by atoms with E-state index < -0.39 is 0 Å². The van der Waals surface area contributed by atoms with Crippen LogP contribution in [0.5, 0.6) is 5.75 Å². The molecular weight excluding hydrogens is 454 g/mol. The van der Waals surface area contributed by atoms with Crippen molar-refractivity contribution in [3.8, 4) is 11.4 Å². The van der Waals surface area contributed by atoms with E-state index >= 15 is 0 Å². The Kier molecular flexibility index (Phi) is 6.62. The van der Waals surface area contributed by atoms with Crippen LogP contribution in [-0.4, -0.2) is 42.4 Å². The smallest absolute Gasteiger partial charge is 0.277 e. The van der Waals surface area contributed by atoms with Crippen molar-refractivity contribution in [2.24, 2.45) is 11.1 Å². The molecule has 0 spiro atoms. The first-order valence-corrected chi connectivity index (χ1v) is 12.6. The quantitative estimate of drug-likeness (QED) is 0.421. The minimum Gasteiger partial charge on any atom is -0.497 e. The topological polar surface area (TPSA) is 88.8 Å². The van der Waals surface area contributed by atoms with Gasteiger partial charge in [-0.3, -0.25) is 4.79 Å². The number of aromatic nitrogens is 2. The van der Waals surface area contributed by atoms with E-state index in [1.54, 1.807) is 16.7 Å². The number of benzene rings is 2. The van der Waals surface area contributed by atoms with Crippen molar-refractivity contribution in [1.82, 2.24) is 15.1 Å². The number of nitroso groups, excluding NO2 is 1. The summed E-state index contributed by atoms with van der Waals surface area (Å²) in [7, 11) is 1.61. The maximum Gasteiger partial charge on any atom is 0.277 e. The molecule has 1 amide bonds. The molecule has 3 aromatic rings. The summed E-state index contributed by atoms with van der Waals surface area (Å²) in [6.07, 6.45) is 3.30. The highest BCUT2D eigenvalue weighted by molar-refractivity contribution is 6.07. The van der Waals surface area contributed by atoms with Crippen LogP contribution in [0, 0.1) is 10.8 Å². The molecule has 0 bridgehead atoms. The van der Waals surface area contributed by atoms with Gasteiger partial charge in [0.15, 0.2) is 0 Å². The number of rotatable bonds is 10. The van der Waals surface area contributed by atoms with E-state index in [1.165, 1.54) is 18.4 Å². The van der Waals surface area contributed by atoms with Crippen LogP contribution in [0.2, 0.25) is 0 Å². The number of fused-ring (bicyclic) bond motifs is 1. The predicted molar refractivity (Wildman–Crippen MR) is 140 cm³/mol. The molecule has 1 aromatic heterocycles. The van der Waals surface area contributed by atoms with E-state index in [0.717, 1.165) is 35.9 Å². The van der Waals surface area contributed by atoms with Crippen LogP contribution >= 0.6 is 0 Å². The van der Waals surface area contributed by atoms with Gasteiger partial charge in [-0.05, 0) is 73.7 Å². The standard InChI is InChI=1S/C28H33N5O3/c1-28(2,18-29-16-19-4-5-19)20-6-8-21(9-7-20)32-15-14-24-25(17-30-35)31-33(26(24)27(32)34)22-10-12-23(36-3)13-11-22/h6-13,19,29H,4-5,14-18H2,1-3H3. The zero-order chi connectivity index (χ0) is 25.3. The number of anilines is 1. The third-order valence-electron chi connectivity index (χ3n) is 7.29. The molecule has 36 heavy (non-hydrogen) atoms. The average molecular weight is 488 g/mol. The number of methoxy groups -OCH3 is 1. The van der Waals surface area contributed by atoms with Crippen LogP contribution in [-0.2, 0) is 18.4 Å². The zero-order valence-electron chi connectivity index (χ0n) is 21.2. The van der Waals surface area contributed by atoms with Gasteiger partial charge in [0, 0.05) is 29.8 Å². The number of hydrogen-bond donors (Lipinski definition) is 1. The Morgan fingerprint density at radius 2 is 1.78 bits per heavy atom. The minimum atomic E-state index is -0.130. The Balaban J connectivity index is 1.40. The van der Waals surface area contributed by atoms with Crippen LogP contribution in [0.15, 0.2) is 53.7 Å². The van der Waals surface area contributed by atoms with E-state index in [-0.39, 0.29) is 17.9 Å². The molecule has 8 heteroatoms. The fourth-order valence-corrected chi connectivity index (χ4v) is 4.88. The molecule has 2 aromatic carbocycles. The van der Waals surface area contributed by atoms with Gasteiger partial charge in [-0.1, -0.05) is 31.2 Å². The number of ether oxygens (including phenoxy) is 1. The molecule has 1 fully saturated rings. The number of nitrogens with zero attached hydrogens (tertiary/aromatic N) is 4. The first-order chi connectivity index (χ1) is 17.4. The lowest BCUT2D eigenvalue weighted by Crippen LogP contribution is -2.39. The fourth-order valence-electron chi connectivity index (χ4n) is 4.88. The molecule has 5 rings (SSSR count). The van der Waals surface area contributed by atoms with Gasteiger partial charge in [0.25, 0.3) is 5.91 Å². The summed E-state index contributed by atoms with van der Waals surface area (Å²) in [4.78, 5) is 26.6. The lowest BCUT2D eigenvalue weighted by Gasteiger charge is -2.30. The molecule has 8 nitrogen and oxygen atoms in total. The Bertz CT molecular complexity index is 1240. The summed E-state index contributed by atoms with van der Waals surface area (Å²) in [6.45, 7) is 6.97. The molecule has 0 saturated heterocycles. The maximum absolute atomic E-state index is 13.8. The Hall–Kier alpha value is -3.52. The van der Waals surface area contributed by atoms with Crippen molar-refractivity contribution in [3.63, 3.8) is 0 Å². The van der Waals surface area contributed by atoms with Gasteiger partial charge in [0.05, 0.1) is 18.5 Å². The normalized spacial score (nSPS) is 15.6. The fraction of sp³-hybridized carbons (Fsp3) is 0.429.